The molecular formula is C15H26N4. The minimum absolute atomic E-state index is 0.559. The number of nitrogens with zero attached hydrogens (tertiary/aromatic N) is 3. The number of hydrogen-bond acceptors (Lipinski definition) is 4. The van der Waals surface area contributed by atoms with Crippen molar-refractivity contribution in [1.82, 2.24) is 9.97 Å². The molecule has 1 aliphatic heterocycles. The Balaban J connectivity index is 2.37. The van der Waals surface area contributed by atoms with Crippen molar-refractivity contribution < 1.29 is 0 Å². The Bertz CT molecular complexity index is 419. The van der Waals surface area contributed by atoms with Crippen LogP contribution in [0, 0.1) is 5.92 Å². The van der Waals surface area contributed by atoms with Gasteiger partial charge in [-0.2, -0.15) is 0 Å². The second-order valence-corrected chi connectivity index (χ2v) is 5.58. The lowest BCUT2D eigenvalue weighted by atomic mass is 9.91. The largest absolute Gasteiger partial charge is 0.373 e. The molecule has 0 aromatic carbocycles. The van der Waals surface area contributed by atoms with Gasteiger partial charge in [0, 0.05) is 25.2 Å². The second kappa shape index (κ2) is 6.22. The van der Waals surface area contributed by atoms with Crippen molar-refractivity contribution in [2.24, 2.45) is 5.92 Å². The number of rotatable bonds is 4. The van der Waals surface area contributed by atoms with Crippen LogP contribution in [0.25, 0.3) is 0 Å². The molecule has 19 heavy (non-hydrogen) atoms. The number of nitrogens with one attached hydrogen (secondary N) is 1. The molecule has 2 rings (SSSR count). The minimum atomic E-state index is 0.559. The van der Waals surface area contributed by atoms with Crippen LogP contribution in [0.5, 0.6) is 0 Å². The molecular weight excluding hydrogens is 236 g/mol. The van der Waals surface area contributed by atoms with E-state index in [-0.39, 0.29) is 0 Å². The first-order valence-corrected chi connectivity index (χ1v) is 7.47. The van der Waals surface area contributed by atoms with Crippen molar-refractivity contribution in [2.45, 2.75) is 52.5 Å². The zero-order valence-corrected chi connectivity index (χ0v) is 12.6. The molecule has 0 bridgehead atoms. The van der Waals surface area contributed by atoms with E-state index < -0.39 is 0 Å². The minimum Gasteiger partial charge on any atom is -0.373 e. The van der Waals surface area contributed by atoms with Crippen LogP contribution < -0.4 is 10.2 Å². The average molecular weight is 262 g/mol. The van der Waals surface area contributed by atoms with E-state index in [0.29, 0.717) is 6.04 Å². The fourth-order valence-corrected chi connectivity index (χ4v) is 2.98. The Morgan fingerprint density at radius 1 is 1.37 bits per heavy atom. The highest BCUT2D eigenvalue weighted by molar-refractivity contribution is 5.59. The molecule has 0 aliphatic carbocycles. The molecule has 1 N–H and O–H groups in total. The van der Waals surface area contributed by atoms with Crippen LogP contribution >= 0.6 is 0 Å². The standard InChI is InChI=1S/C15H26N4/c1-5-7-13-14(16-4)17-10-18-15(13)19-9-6-8-11(2)12(19)3/h10-12H,5-9H2,1-4H3,(H,16,17,18). The molecule has 0 saturated carbocycles. The number of anilines is 2. The maximum absolute atomic E-state index is 4.59. The second-order valence-electron chi connectivity index (χ2n) is 5.58. The fourth-order valence-electron chi connectivity index (χ4n) is 2.98. The summed E-state index contributed by atoms with van der Waals surface area (Å²) in [6.45, 7) is 7.98. The van der Waals surface area contributed by atoms with E-state index in [2.05, 4.69) is 41.0 Å². The Hall–Kier alpha value is -1.32. The molecule has 4 nitrogen and oxygen atoms in total. The number of aromatic nitrogens is 2. The first kappa shape index (κ1) is 14.1. The Labute approximate surface area is 116 Å². The van der Waals surface area contributed by atoms with Crippen LogP contribution in [0.15, 0.2) is 6.33 Å². The normalized spacial score (nSPS) is 23.5. The van der Waals surface area contributed by atoms with Gasteiger partial charge in [0.2, 0.25) is 0 Å². The molecule has 0 spiro atoms. The predicted molar refractivity (Wildman–Crippen MR) is 80.8 cm³/mol. The highest BCUT2D eigenvalue weighted by Crippen LogP contribution is 2.31. The third kappa shape index (κ3) is 2.82. The number of hydrogen-bond donors (Lipinski definition) is 1. The molecule has 4 heteroatoms. The summed E-state index contributed by atoms with van der Waals surface area (Å²) in [4.78, 5) is 11.4. The molecule has 1 saturated heterocycles. The summed E-state index contributed by atoms with van der Waals surface area (Å²) in [7, 11) is 1.94. The van der Waals surface area contributed by atoms with Gasteiger partial charge in [-0.15, -0.1) is 0 Å². The molecule has 0 radical (unpaired) electrons. The Morgan fingerprint density at radius 3 is 2.84 bits per heavy atom. The van der Waals surface area contributed by atoms with Crippen LogP contribution in [0.3, 0.4) is 0 Å². The quantitative estimate of drug-likeness (QED) is 0.905. The molecule has 2 atom stereocenters. The summed E-state index contributed by atoms with van der Waals surface area (Å²) in [5.74, 6) is 2.86. The van der Waals surface area contributed by atoms with Gasteiger partial charge in [-0.1, -0.05) is 20.3 Å². The molecule has 1 fully saturated rings. The first-order valence-electron chi connectivity index (χ1n) is 7.47. The SMILES string of the molecule is CCCc1c(NC)ncnc1N1CCCC(C)C1C. The van der Waals surface area contributed by atoms with Gasteiger partial charge in [0.25, 0.3) is 0 Å². The van der Waals surface area contributed by atoms with Crippen molar-refractivity contribution in [3.8, 4) is 0 Å². The van der Waals surface area contributed by atoms with Gasteiger partial charge in [0.1, 0.15) is 18.0 Å². The van der Waals surface area contributed by atoms with E-state index in [1.807, 2.05) is 7.05 Å². The van der Waals surface area contributed by atoms with Crippen molar-refractivity contribution in [2.75, 3.05) is 23.8 Å². The van der Waals surface area contributed by atoms with Crippen molar-refractivity contribution in [3.63, 3.8) is 0 Å². The van der Waals surface area contributed by atoms with Crippen molar-refractivity contribution >= 4 is 11.6 Å². The molecule has 106 valence electrons. The third-order valence-corrected chi connectivity index (χ3v) is 4.31. The first-order chi connectivity index (χ1) is 9.19. The van der Waals surface area contributed by atoms with E-state index in [4.69, 9.17) is 0 Å². The Morgan fingerprint density at radius 2 is 2.16 bits per heavy atom. The molecule has 2 heterocycles. The molecule has 0 amide bonds. The van der Waals surface area contributed by atoms with Gasteiger partial charge >= 0.3 is 0 Å². The van der Waals surface area contributed by atoms with Crippen LogP contribution in [0.4, 0.5) is 11.6 Å². The van der Waals surface area contributed by atoms with E-state index in [9.17, 15) is 0 Å². The van der Waals surface area contributed by atoms with Crippen molar-refractivity contribution in [1.29, 1.82) is 0 Å². The lowest BCUT2D eigenvalue weighted by molar-refractivity contribution is 0.361. The van der Waals surface area contributed by atoms with Crippen LogP contribution in [-0.4, -0.2) is 29.6 Å². The van der Waals surface area contributed by atoms with Crippen LogP contribution in [0.2, 0.25) is 0 Å². The number of piperidine rings is 1. The highest BCUT2D eigenvalue weighted by Gasteiger charge is 2.27. The van der Waals surface area contributed by atoms with E-state index in [1.54, 1.807) is 6.33 Å². The zero-order chi connectivity index (χ0) is 13.8. The van der Waals surface area contributed by atoms with E-state index >= 15 is 0 Å². The summed E-state index contributed by atoms with van der Waals surface area (Å²) < 4.78 is 0. The highest BCUT2D eigenvalue weighted by atomic mass is 15.2. The summed E-state index contributed by atoms with van der Waals surface area (Å²) in [5, 5.41) is 3.21. The van der Waals surface area contributed by atoms with Crippen molar-refractivity contribution in [3.05, 3.63) is 11.9 Å². The topological polar surface area (TPSA) is 41.1 Å². The summed E-state index contributed by atoms with van der Waals surface area (Å²) in [6, 6.07) is 0.559. The molecule has 1 aromatic heterocycles. The summed E-state index contributed by atoms with van der Waals surface area (Å²) in [5.41, 5.74) is 1.27. The van der Waals surface area contributed by atoms with Gasteiger partial charge in [-0.05, 0) is 32.1 Å². The Kier molecular flexibility index (Phi) is 4.61. The third-order valence-electron chi connectivity index (χ3n) is 4.31. The van der Waals surface area contributed by atoms with Crippen LogP contribution in [0.1, 0.15) is 45.6 Å². The maximum Gasteiger partial charge on any atom is 0.137 e. The van der Waals surface area contributed by atoms with Gasteiger partial charge in [-0.25, -0.2) is 9.97 Å². The van der Waals surface area contributed by atoms with Gasteiger partial charge in [-0.3, -0.25) is 0 Å². The lowest BCUT2D eigenvalue weighted by Crippen LogP contribution is -2.43. The predicted octanol–water partition coefficient (Wildman–Crippen LogP) is 3.10. The van der Waals surface area contributed by atoms with Crippen LogP contribution in [-0.2, 0) is 6.42 Å². The fraction of sp³-hybridized carbons (Fsp3) is 0.733. The van der Waals surface area contributed by atoms with E-state index in [0.717, 1.165) is 36.9 Å². The zero-order valence-electron chi connectivity index (χ0n) is 12.6. The monoisotopic (exact) mass is 262 g/mol. The maximum atomic E-state index is 4.59. The molecule has 2 unspecified atom stereocenters. The lowest BCUT2D eigenvalue weighted by Gasteiger charge is -2.39. The molecule has 1 aliphatic rings. The molecule has 1 aromatic rings. The van der Waals surface area contributed by atoms with Gasteiger partial charge in [0.15, 0.2) is 0 Å². The van der Waals surface area contributed by atoms with Gasteiger partial charge in [0.05, 0.1) is 0 Å². The van der Waals surface area contributed by atoms with Gasteiger partial charge < -0.3 is 10.2 Å². The smallest absolute Gasteiger partial charge is 0.137 e. The van der Waals surface area contributed by atoms with E-state index in [1.165, 1.54) is 18.4 Å². The average Bonchev–Trinajstić information content (AvgIpc) is 2.43. The summed E-state index contributed by atoms with van der Waals surface area (Å²) >= 11 is 0. The summed E-state index contributed by atoms with van der Waals surface area (Å²) in [6.07, 6.45) is 6.42.